The molecular formula is C32H41N3O4S. The lowest BCUT2D eigenvalue weighted by atomic mass is 10.1. The van der Waals surface area contributed by atoms with E-state index in [1.807, 2.05) is 71.9 Å². The van der Waals surface area contributed by atoms with E-state index in [9.17, 15) is 18.0 Å². The molecule has 0 unspecified atom stereocenters. The summed E-state index contributed by atoms with van der Waals surface area (Å²) in [5.74, 6) is -0.704. The number of rotatable bonds is 12. The average molecular weight is 564 g/mol. The van der Waals surface area contributed by atoms with Crippen molar-refractivity contribution in [2.45, 2.75) is 77.9 Å². The topological polar surface area (TPSA) is 86.8 Å². The van der Waals surface area contributed by atoms with Gasteiger partial charge in [0.1, 0.15) is 12.6 Å². The quantitative estimate of drug-likeness (QED) is 0.314. The number of carbonyl (C=O) groups is 2. The third-order valence-electron chi connectivity index (χ3n) is 7.04. The molecule has 8 heteroatoms. The van der Waals surface area contributed by atoms with Gasteiger partial charge in [0.15, 0.2) is 0 Å². The summed E-state index contributed by atoms with van der Waals surface area (Å²) in [7, 11) is -4.09. The Labute approximate surface area is 239 Å². The van der Waals surface area contributed by atoms with Crippen LogP contribution in [0.25, 0.3) is 0 Å². The monoisotopic (exact) mass is 563 g/mol. The van der Waals surface area contributed by atoms with Crippen LogP contribution in [0.1, 0.15) is 55.9 Å². The van der Waals surface area contributed by atoms with Gasteiger partial charge >= 0.3 is 0 Å². The molecule has 3 aromatic rings. The van der Waals surface area contributed by atoms with Gasteiger partial charge in [-0.05, 0) is 75.9 Å². The Morgan fingerprint density at radius 3 is 1.98 bits per heavy atom. The van der Waals surface area contributed by atoms with Crippen molar-refractivity contribution in [2.75, 3.05) is 10.8 Å². The fourth-order valence-electron chi connectivity index (χ4n) is 4.40. The highest BCUT2D eigenvalue weighted by atomic mass is 32.2. The number of amides is 2. The first-order valence-corrected chi connectivity index (χ1v) is 15.2. The highest BCUT2D eigenvalue weighted by Crippen LogP contribution is 2.26. The summed E-state index contributed by atoms with van der Waals surface area (Å²) in [6.07, 6.45) is 1.14. The third kappa shape index (κ3) is 7.72. The molecule has 0 saturated carbocycles. The lowest BCUT2D eigenvalue weighted by Gasteiger charge is -2.33. The van der Waals surface area contributed by atoms with Crippen LogP contribution in [0, 0.1) is 20.8 Å². The molecule has 214 valence electrons. The van der Waals surface area contributed by atoms with Crippen molar-refractivity contribution < 1.29 is 18.0 Å². The number of hydrogen-bond acceptors (Lipinski definition) is 4. The van der Waals surface area contributed by atoms with Crippen molar-refractivity contribution >= 4 is 27.5 Å². The van der Waals surface area contributed by atoms with Gasteiger partial charge in [-0.25, -0.2) is 8.42 Å². The molecule has 0 aliphatic rings. The van der Waals surface area contributed by atoms with Crippen LogP contribution >= 0.6 is 0 Å². The van der Waals surface area contributed by atoms with Crippen molar-refractivity contribution in [1.29, 1.82) is 0 Å². The van der Waals surface area contributed by atoms with Crippen LogP contribution < -0.4 is 9.62 Å². The summed E-state index contributed by atoms with van der Waals surface area (Å²) in [5.41, 5.74) is 4.13. The summed E-state index contributed by atoms with van der Waals surface area (Å²) >= 11 is 0. The van der Waals surface area contributed by atoms with Crippen LogP contribution in [0.3, 0.4) is 0 Å². The Bertz CT molecular complexity index is 1400. The van der Waals surface area contributed by atoms with E-state index >= 15 is 0 Å². The van der Waals surface area contributed by atoms with Crippen LogP contribution in [0.2, 0.25) is 0 Å². The molecule has 0 aromatic heterocycles. The second kappa shape index (κ2) is 13.6. The molecule has 0 saturated heterocycles. The van der Waals surface area contributed by atoms with Crippen molar-refractivity contribution in [3.63, 3.8) is 0 Å². The number of anilines is 1. The Kier molecular flexibility index (Phi) is 10.5. The van der Waals surface area contributed by atoms with Crippen LogP contribution in [0.5, 0.6) is 0 Å². The summed E-state index contributed by atoms with van der Waals surface area (Å²) < 4.78 is 29.0. The van der Waals surface area contributed by atoms with Crippen LogP contribution in [0.4, 0.5) is 5.69 Å². The maximum atomic E-state index is 14.1. The van der Waals surface area contributed by atoms with Gasteiger partial charge in [0.05, 0.1) is 10.6 Å². The molecule has 40 heavy (non-hydrogen) atoms. The number of hydrogen-bond donors (Lipinski definition) is 1. The first-order valence-electron chi connectivity index (χ1n) is 13.8. The lowest BCUT2D eigenvalue weighted by Crippen LogP contribution is -2.53. The maximum absolute atomic E-state index is 14.1. The number of nitrogens with one attached hydrogen (secondary N) is 1. The highest BCUT2D eigenvalue weighted by molar-refractivity contribution is 7.92. The predicted molar refractivity (Wildman–Crippen MR) is 161 cm³/mol. The Balaban J connectivity index is 2.05. The predicted octanol–water partition coefficient (Wildman–Crippen LogP) is 5.53. The van der Waals surface area contributed by atoms with E-state index in [1.54, 1.807) is 42.5 Å². The van der Waals surface area contributed by atoms with E-state index in [0.717, 1.165) is 33.0 Å². The zero-order chi connectivity index (χ0) is 29.4. The largest absolute Gasteiger partial charge is 0.352 e. The zero-order valence-corrected chi connectivity index (χ0v) is 25.2. The molecule has 0 spiro atoms. The Hall–Kier alpha value is -3.65. The summed E-state index contributed by atoms with van der Waals surface area (Å²) in [4.78, 5) is 29.1. The van der Waals surface area contributed by atoms with Crippen molar-refractivity contribution in [2.24, 2.45) is 0 Å². The minimum Gasteiger partial charge on any atom is -0.352 e. The minimum absolute atomic E-state index is 0.0522. The normalized spacial score (nSPS) is 12.8. The molecule has 2 amide bonds. The van der Waals surface area contributed by atoms with Crippen LogP contribution in [-0.4, -0.2) is 43.8 Å². The fourth-order valence-corrected chi connectivity index (χ4v) is 5.81. The molecule has 0 heterocycles. The number of benzene rings is 3. The van der Waals surface area contributed by atoms with E-state index in [0.29, 0.717) is 12.1 Å². The van der Waals surface area contributed by atoms with Gasteiger partial charge in [-0.2, -0.15) is 0 Å². The Morgan fingerprint density at radius 2 is 1.43 bits per heavy atom. The molecule has 0 aliphatic heterocycles. The Morgan fingerprint density at radius 1 is 0.825 bits per heavy atom. The second-order valence-electron chi connectivity index (χ2n) is 10.4. The van der Waals surface area contributed by atoms with E-state index in [2.05, 4.69) is 5.32 Å². The number of sulfonamides is 1. The van der Waals surface area contributed by atoms with Gasteiger partial charge in [0.25, 0.3) is 10.0 Å². The van der Waals surface area contributed by atoms with E-state index in [-0.39, 0.29) is 23.4 Å². The fraction of sp³-hybridized carbons (Fsp3) is 0.375. The molecule has 3 rings (SSSR count). The van der Waals surface area contributed by atoms with Crippen molar-refractivity contribution in [3.8, 4) is 0 Å². The molecule has 0 aliphatic carbocycles. The molecule has 1 N–H and O–H groups in total. The van der Waals surface area contributed by atoms with E-state index in [4.69, 9.17) is 0 Å². The summed E-state index contributed by atoms with van der Waals surface area (Å²) in [6, 6.07) is 20.6. The van der Waals surface area contributed by atoms with Crippen LogP contribution in [0.15, 0.2) is 77.7 Å². The van der Waals surface area contributed by atoms with E-state index < -0.39 is 28.5 Å². The molecule has 3 aromatic carbocycles. The van der Waals surface area contributed by atoms with Gasteiger partial charge < -0.3 is 10.2 Å². The molecule has 0 radical (unpaired) electrons. The SMILES string of the molecule is CC[C@@H](C)NC(=O)[C@H](CC)N(Cc1ccc(C)cc1)C(=O)CN(c1cccc(C)c1)S(=O)(=O)c1ccc(C)cc1. The highest BCUT2D eigenvalue weighted by Gasteiger charge is 2.34. The standard InChI is InChI=1S/C32H41N3O4S/c1-7-26(6)33-32(37)30(8-2)34(21-27-16-12-23(3)13-17-27)31(36)22-35(28-11-9-10-25(5)20-28)40(38,39)29-18-14-24(4)15-19-29/h9-20,26,30H,7-8,21-22H2,1-6H3,(H,33,37)/t26-,30+/m1/s1. The van der Waals surface area contributed by atoms with Gasteiger partial charge in [-0.1, -0.05) is 73.5 Å². The first-order chi connectivity index (χ1) is 19.0. The molecule has 0 fully saturated rings. The van der Waals surface area contributed by atoms with Crippen molar-refractivity contribution in [1.82, 2.24) is 10.2 Å². The minimum atomic E-state index is -4.09. The first kappa shape index (κ1) is 30.9. The van der Waals surface area contributed by atoms with E-state index in [1.165, 1.54) is 4.90 Å². The number of nitrogens with zero attached hydrogens (tertiary/aromatic N) is 2. The van der Waals surface area contributed by atoms with Gasteiger partial charge in [0.2, 0.25) is 11.8 Å². The number of carbonyl (C=O) groups excluding carboxylic acids is 2. The average Bonchev–Trinajstić information content (AvgIpc) is 2.92. The maximum Gasteiger partial charge on any atom is 0.264 e. The third-order valence-corrected chi connectivity index (χ3v) is 8.83. The van der Waals surface area contributed by atoms with Gasteiger partial charge in [-0.3, -0.25) is 13.9 Å². The molecule has 7 nitrogen and oxygen atoms in total. The molecule has 2 atom stereocenters. The second-order valence-corrected chi connectivity index (χ2v) is 12.3. The zero-order valence-electron chi connectivity index (χ0n) is 24.3. The van der Waals surface area contributed by atoms with Crippen molar-refractivity contribution in [3.05, 3.63) is 95.1 Å². The smallest absolute Gasteiger partial charge is 0.264 e. The molecule has 0 bridgehead atoms. The summed E-state index contributed by atoms with van der Waals surface area (Å²) in [6.45, 7) is 11.2. The van der Waals surface area contributed by atoms with Crippen LogP contribution in [-0.2, 0) is 26.2 Å². The molecular weight excluding hydrogens is 522 g/mol. The summed E-state index contributed by atoms with van der Waals surface area (Å²) in [5, 5.41) is 3.00. The number of aryl methyl sites for hydroxylation is 3. The van der Waals surface area contributed by atoms with Gasteiger partial charge in [0, 0.05) is 12.6 Å². The van der Waals surface area contributed by atoms with Gasteiger partial charge in [-0.15, -0.1) is 0 Å². The lowest BCUT2D eigenvalue weighted by molar-refractivity contribution is -0.140.